The van der Waals surface area contributed by atoms with Gasteiger partial charge in [-0.25, -0.2) is 9.37 Å². The van der Waals surface area contributed by atoms with E-state index in [1.54, 1.807) is 24.3 Å². The molecular formula is C27H21FN2O4S. The second-order valence-electron chi connectivity index (χ2n) is 8.38. The Labute approximate surface area is 204 Å². The van der Waals surface area contributed by atoms with Gasteiger partial charge in [0, 0.05) is 5.56 Å². The highest BCUT2D eigenvalue weighted by Crippen LogP contribution is 2.44. The van der Waals surface area contributed by atoms with Crippen LogP contribution in [0.5, 0.6) is 5.75 Å². The number of aromatic nitrogens is 1. The fourth-order valence-electron chi connectivity index (χ4n) is 4.38. The van der Waals surface area contributed by atoms with E-state index < -0.39 is 23.5 Å². The van der Waals surface area contributed by atoms with Crippen LogP contribution in [0.25, 0.3) is 16.0 Å². The summed E-state index contributed by atoms with van der Waals surface area (Å²) in [6.07, 6.45) is 0. The number of ketones is 1. The number of aliphatic hydroxyl groups is 1. The molecule has 6 nitrogen and oxygen atoms in total. The van der Waals surface area contributed by atoms with E-state index in [-0.39, 0.29) is 11.3 Å². The molecule has 0 radical (unpaired) electrons. The molecular weight excluding hydrogens is 467 g/mol. The number of aryl methyl sites for hydroxylation is 2. The molecule has 35 heavy (non-hydrogen) atoms. The third kappa shape index (κ3) is 3.85. The Morgan fingerprint density at radius 2 is 1.83 bits per heavy atom. The lowest BCUT2D eigenvalue weighted by atomic mass is 9.95. The number of methoxy groups -OCH3 is 1. The minimum atomic E-state index is -0.983. The van der Waals surface area contributed by atoms with Crippen molar-refractivity contribution < 1.29 is 23.8 Å². The highest BCUT2D eigenvalue weighted by Gasteiger charge is 2.48. The van der Waals surface area contributed by atoms with Gasteiger partial charge < -0.3 is 9.84 Å². The van der Waals surface area contributed by atoms with Crippen molar-refractivity contribution >= 4 is 44.1 Å². The molecule has 1 aliphatic heterocycles. The molecule has 0 unspecified atom stereocenters. The second-order valence-corrected chi connectivity index (χ2v) is 9.39. The van der Waals surface area contributed by atoms with Gasteiger partial charge in [0.1, 0.15) is 17.3 Å². The maximum atomic E-state index is 13.7. The predicted molar refractivity (Wildman–Crippen MR) is 133 cm³/mol. The summed E-state index contributed by atoms with van der Waals surface area (Å²) in [4.78, 5) is 32.6. The van der Waals surface area contributed by atoms with Crippen molar-refractivity contribution in [2.75, 3.05) is 12.0 Å². The lowest BCUT2D eigenvalue weighted by Gasteiger charge is -2.23. The summed E-state index contributed by atoms with van der Waals surface area (Å²) < 4.78 is 19.9. The topological polar surface area (TPSA) is 79.7 Å². The average molecular weight is 489 g/mol. The van der Waals surface area contributed by atoms with Gasteiger partial charge in [0.05, 0.1) is 28.9 Å². The number of ether oxygens (including phenoxy) is 1. The van der Waals surface area contributed by atoms with Crippen LogP contribution in [-0.4, -0.2) is 28.9 Å². The maximum absolute atomic E-state index is 13.7. The van der Waals surface area contributed by atoms with Gasteiger partial charge in [0.2, 0.25) is 0 Å². The molecule has 3 aromatic carbocycles. The van der Waals surface area contributed by atoms with Crippen LogP contribution in [0.1, 0.15) is 28.3 Å². The number of anilines is 1. The Morgan fingerprint density at radius 3 is 2.54 bits per heavy atom. The Hall–Kier alpha value is -4.04. The number of carbonyl (C=O) groups is 2. The number of rotatable bonds is 4. The molecule has 0 spiro atoms. The highest BCUT2D eigenvalue weighted by atomic mass is 32.1. The summed E-state index contributed by atoms with van der Waals surface area (Å²) in [6, 6.07) is 15.1. The van der Waals surface area contributed by atoms with E-state index in [9.17, 15) is 19.1 Å². The van der Waals surface area contributed by atoms with Crippen molar-refractivity contribution in [3.8, 4) is 5.75 Å². The minimum absolute atomic E-state index is 0.0954. The number of thiazole rings is 1. The molecule has 1 aromatic heterocycles. The molecule has 1 atom stereocenters. The van der Waals surface area contributed by atoms with Crippen LogP contribution >= 0.6 is 11.3 Å². The summed E-state index contributed by atoms with van der Waals surface area (Å²) in [5.74, 6) is -1.96. The molecule has 0 aliphatic carbocycles. The first kappa shape index (κ1) is 22.7. The Morgan fingerprint density at radius 1 is 1.09 bits per heavy atom. The lowest BCUT2D eigenvalue weighted by Crippen LogP contribution is -2.29. The largest absolute Gasteiger partial charge is 0.507 e. The molecule has 1 amide bonds. The lowest BCUT2D eigenvalue weighted by molar-refractivity contribution is -0.132. The van der Waals surface area contributed by atoms with E-state index in [1.807, 2.05) is 26.0 Å². The Bertz CT molecular complexity index is 1520. The fourth-order valence-corrected chi connectivity index (χ4v) is 5.55. The summed E-state index contributed by atoms with van der Waals surface area (Å²) >= 11 is 1.29. The molecule has 5 rings (SSSR count). The molecule has 1 aliphatic rings. The van der Waals surface area contributed by atoms with E-state index in [4.69, 9.17) is 4.74 Å². The van der Waals surface area contributed by atoms with Gasteiger partial charge in [-0.2, -0.15) is 0 Å². The molecule has 2 heterocycles. The number of fused-ring (bicyclic) bond motifs is 1. The number of halogens is 1. The van der Waals surface area contributed by atoms with E-state index in [0.717, 1.165) is 21.3 Å². The Balaban J connectivity index is 1.74. The molecule has 1 saturated heterocycles. The van der Waals surface area contributed by atoms with E-state index in [2.05, 4.69) is 4.98 Å². The normalized spacial score (nSPS) is 17.4. The standard InChI is InChI=1S/C27H21FN2O4S/c1-14-11-15(2)22-20(12-14)35-27(29-22)30-23(16-7-9-18(28)10-8-16)21(25(32)26(30)33)24(31)17-5-4-6-19(13-17)34-3/h4-13,23,31H,1-3H3/b24-21+/t23-/m1/s1. The number of hydrogen-bond donors (Lipinski definition) is 1. The zero-order valence-corrected chi connectivity index (χ0v) is 20.0. The summed E-state index contributed by atoms with van der Waals surface area (Å²) in [6.45, 7) is 3.91. The van der Waals surface area contributed by atoms with Gasteiger partial charge in [-0.1, -0.05) is 41.7 Å². The number of Topliss-reactive ketones (excluding diaryl/α,β-unsaturated/α-hetero) is 1. The molecule has 0 saturated carbocycles. The van der Waals surface area contributed by atoms with Crippen LogP contribution in [0.4, 0.5) is 9.52 Å². The number of carbonyl (C=O) groups excluding carboxylic acids is 2. The van der Waals surface area contributed by atoms with Crippen molar-refractivity contribution in [1.29, 1.82) is 0 Å². The van der Waals surface area contributed by atoms with Crippen molar-refractivity contribution in [2.24, 2.45) is 0 Å². The molecule has 176 valence electrons. The zero-order chi connectivity index (χ0) is 24.9. The second kappa shape index (κ2) is 8.63. The first-order valence-corrected chi connectivity index (χ1v) is 11.7. The van der Waals surface area contributed by atoms with Gasteiger partial charge in [-0.3, -0.25) is 14.5 Å². The quantitative estimate of drug-likeness (QED) is 0.227. The van der Waals surface area contributed by atoms with Crippen molar-refractivity contribution in [3.63, 3.8) is 0 Å². The van der Waals surface area contributed by atoms with Gasteiger partial charge in [-0.15, -0.1) is 0 Å². The maximum Gasteiger partial charge on any atom is 0.301 e. The predicted octanol–water partition coefficient (Wildman–Crippen LogP) is 5.69. The van der Waals surface area contributed by atoms with Gasteiger partial charge >= 0.3 is 5.91 Å². The third-order valence-corrected chi connectivity index (χ3v) is 7.00. The highest BCUT2D eigenvalue weighted by molar-refractivity contribution is 7.22. The fraction of sp³-hybridized carbons (Fsp3) is 0.148. The van der Waals surface area contributed by atoms with Crippen LogP contribution in [0.2, 0.25) is 0 Å². The van der Waals surface area contributed by atoms with Crippen LogP contribution in [0.15, 0.2) is 66.2 Å². The average Bonchev–Trinajstić information content (AvgIpc) is 3.38. The van der Waals surface area contributed by atoms with Crippen LogP contribution in [-0.2, 0) is 9.59 Å². The zero-order valence-electron chi connectivity index (χ0n) is 19.2. The van der Waals surface area contributed by atoms with Crippen molar-refractivity contribution in [2.45, 2.75) is 19.9 Å². The molecule has 0 bridgehead atoms. The summed E-state index contributed by atoms with van der Waals surface area (Å²) in [7, 11) is 1.49. The van der Waals surface area contributed by atoms with Crippen LogP contribution < -0.4 is 9.64 Å². The smallest absolute Gasteiger partial charge is 0.301 e. The summed E-state index contributed by atoms with van der Waals surface area (Å²) in [5, 5.41) is 11.6. The Kier molecular flexibility index (Phi) is 5.61. The number of nitrogens with zero attached hydrogens (tertiary/aromatic N) is 2. The van der Waals surface area contributed by atoms with E-state index in [1.165, 1.54) is 47.6 Å². The van der Waals surface area contributed by atoms with E-state index >= 15 is 0 Å². The molecule has 8 heteroatoms. The number of benzene rings is 3. The van der Waals surface area contributed by atoms with Crippen molar-refractivity contribution in [1.82, 2.24) is 4.98 Å². The summed E-state index contributed by atoms with van der Waals surface area (Å²) in [5.41, 5.74) is 3.45. The van der Waals surface area contributed by atoms with Crippen molar-refractivity contribution in [3.05, 3.63) is 94.3 Å². The van der Waals surface area contributed by atoms with E-state index in [0.29, 0.717) is 22.0 Å². The van der Waals surface area contributed by atoms with Crippen LogP contribution in [0, 0.1) is 19.7 Å². The number of hydrogen-bond acceptors (Lipinski definition) is 6. The monoisotopic (exact) mass is 488 g/mol. The molecule has 1 fully saturated rings. The SMILES string of the molecule is COc1cccc(/C(O)=C2\C(=O)C(=O)N(c3nc4c(C)cc(C)cc4s3)[C@@H]2c2ccc(F)cc2)c1. The first-order valence-electron chi connectivity index (χ1n) is 10.9. The minimum Gasteiger partial charge on any atom is -0.507 e. The molecule has 4 aromatic rings. The number of amides is 1. The van der Waals surface area contributed by atoms with Crippen LogP contribution in [0.3, 0.4) is 0 Å². The number of aliphatic hydroxyl groups excluding tert-OH is 1. The van der Waals surface area contributed by atoms with Gasteiger partial charge in [0.15, 0.2) is 5.13 Å². The van der Waals surface area contributed by atoms with Gasteiger partial charge in [0.25, 0.3) is 5.78 Å². The third-order valence-electron chi connectivity index (χ3n) is 6.00. The van der Waals surface area contributed by atoms with Gasteiger partial charge in [-0.05, 0) is 60.9 Å². The first-order chi connectivity index (χ1) is 16.8. The molecule has 1 N–H and O–H groups in total.